The second kappa shape index (κ2) is 6.41. The number of hydrogen-bond donors (Lipinski definition) is 3. The maximum Gasteiger partial charge on any atom is 0.338 e. The maximum atomic E-state index is 11.9. The minimum absolute atomic E-state index is 0.105. The predicted molar refractivity (Wildman–Crippen MR) is 81.1 cm³/mol. The summed E-state index contributed by atoms with van der Waals surface area (Å²) in [6, 6.07) is 8.36. The van der Waals surface area contributed by atoms with E-state index in [0.29, 0.717) is 17.0 Å². The van der Waals surface area contributed by atoms with E-state index in [-0.39, 0.29) is 23.6 Å². The highest BCUT2D eigenvalue weighted by Gasteiger charge is 2.16. The van der Waals surface area contributed by atoms with Crippen LogP contribution >= 0.6 is 11.3 Å². The molecule has 0 saturated heterocycles. The van der Waals surface area contributed by atoms with Gasteiger partial charge in [0.1, 0.15) is 10.8 Å². The van der Waals surface area contributed by atoms with Crippen LogP contribution in [0.3, 0.4) is 0 Å². The largest absolute Gasteiger partial charge is 0.508 e. The average molecular weight is 305 g/mol. The second-order valence-electron chi connectivity index (χ2n) is 4.58. The number of phenols is 1. The number of carbonyl (C=O) groups excluding carboxylic acids is 1. The number of para-hydroxylation sites is 1. The number of amides is 1. The van der Waals surface area contributed by atoms with Crippen LogP contribution in [-0.4, -0.2) is 22.1 Å². The summed E-state index contributed by atoms with van der Waals surface area (Å²) in [5, 5.41) is 21.7. The molecule has 0 spiro atoms. The molecule has 5 nitrogen and oxygen atoms in total. The summed E-state index contributed by atoms with van der Waals surface area (Å²) in [4.78, 5) is 23.8. The predicted octanol–water partition coefficient (Wildman–Crippen LogP) is 3.03. The molecule has 0 saturated carbocycles. The van der Waals surface area contributed by atoms with E-state index < -0.39 is 5.97 Å². The molecule has 2 aromatic rings. The van der Waals surface area contributed by atoms with Crippen LogP contribution in [0.4, 0.5) is 5.00 Å². The van der Waals surface area contributed by atoms with E-state index in [4.69, 9.17) is 5.11 Å². The Morgan fingerprint density at radius 1 is 1.29 bits per heavy atom. The Morgan fingerprint density at radius 2 is 2.00 bits per heavy atom. The van der Waals surface area contributed by atoms with Gasteiger partial charge in [-0.15, -0.1) is 11.3 Å². The Bertz CT molecular complexity index is 678. The molecule has 1 amide bonds. The summed E-state index contributed by atoms with van der Waals surface area (Å²) < 4.78 is 0. The molecular weight excluding hydrogens is 290 g/mol. The molecule has 0 unspecified atom stereocenters. The molecule has 1 aromatic heterocycles. The quantitative estimate of drug-likeness (QED) is 0.792. The van der Waals surface area contributed by atoms with Gasteiger partial charge in [-0.3, -0.25) is 4.79 Å². The first-order valence-corrected chi connectivity index (χ1v) is 7.19. The summed E-state index contributed by atoms with van der Waals surface area (Å²) in [5.74, 6) is -1.18. The lowest BCUT2D eigenvalue weighted by atomic mass is 10.1. The minimum Gasteiger partial charge on any atom is -0.508 e. The fraction of sp³-hybridized carbons (Fsp3) is 0.200. The summed E-state index contributed by atoms with van der Waals surface area (Å²) in [5.41, 5.74) is 0.793. The van der Waals surface area contributed by atoms with E-state index in [1.54, 1.807) is 31.2 Å². The van der Waals surface area contributed by atoms with Crippen LogP contribution < -0.4 is 5.32 Å². The van der Waals surface area contributed by atoms with Crippen molar-refractivity contribution >= 4 is 28.2 Å². The number of anilines is 1. The van der Waals surface area contributed by atoms with Gasteiger partial charge in [0.15, 0.2) is 0 Å². The SMILES string of the molecule is Cc1cc(C(=O)O)c(NC(=O)CCc2ccccc2O)s1. The summed E-state index contributed by atoms with van der Waals surface area (Å²) in [6.07, 6.45) is 0.568. The van der Waals surface area contributed by atoms with Crippen LogP contribution in [-0.2, 0) is 11.2 Å². The van der Waals surface area contributed by atoms with E-state index in [0.717, 1.165) is 4.88 Å². The average Bonchev–Trinajstić information content (AvgIpc) is 2.79. The molecule has 1 heterocycles. The first kappa shape index (κ1) is 15.1. The number of carboxylic acid groups (broad SMARTS) is 1. The van der Waals surface area contributed by atoms with Gasteiger partial charge >= 0.3 is 5.97 Å². The van der Waals surface area contributed by atoms with Gasteiger partial charge in [0.2, 0.25) is 5.91 Å². The highest BCUT2D eigenvalue weighted by atomic mass is 32.1. The number of aromatic hydroxyl groups is 1. The molecule has 0 fully saturated rings. The molecular formula is C15H15NO4S. The highest BCUT2D eigenvalue weighted by molar-refractivity contribution is 7.16. The third-order valence-electron chi connectivity index (χ3n) is 2.95. The lowest BCUT2D eigenvalue weighted by Gasteiger charge is -2.05. The lowest BCUT2D eigenvalue weighted by Crippen LogP contribution is -2.13. The van der Waals surface area contributed by atoms with E-state index in [9.17, 15) is 14.7 Å². The number of aromatic carboxylic acids is 1. The van der Waals surface area contributed by atoms with Gasteiger partial charge in [0, 0.05) is 11.3 Å². The van der Waals surface area contributed by atoms with Crippen LogP contribution in [0, 0.1) is 6.92 Å². The Balaban J connectivity index is 1.99. The molecule has 3 N–H and O–H groups in total. The molecule has 6 heteroatoms. The van der Waals surface area contributed by atoms with Crippen molar-refractivity contribution in [1.29, 1.82) is 0 Å². The van der Waals surface area contributed by atoms with Gasteiger partial charge < -0.3 is 15.5 Å². The van der Waals surface area contributed by atoms with Gasteiger partial charge in [0.25, 0.3) is 0 Å². The molecule has 21 heavy (non-hydrogen) atoms. The maximum absolute atomic E-state index is 11.9. The third kappa shape index (κ3) is 3.82. The van der Waals surface area contributed by atoms with E-state index in [2.05, 4.69) is 5.32 Å². The van der Waals surface area contributed by atoms with Crippen LogP contribution in [0.25, 0.3) is 0 Å². The summed E-state index contributed by atoms with van der Waals surface area (Å²) in [7, 11) is 0. The van der Waals surface area contributed by atoms with Crippen LogP contribution in [0.5, 0.6) is 5.75 Å². The number of rotatable bonds is 5. The Morgan fingerprint density at radius 3 is 2.67 bits per heavy atom. The van der Waals surface area contributed by atoms with Crippen molar-refractivity contribution in [2.45, 2.75) is 19.8 Å². The zero-order valence-corrected chi connectivity index (χ0v) is 12.2. The molecule has 1 aromatic carbocycles. The number of thiophene rings is 1. The molecule has 0 atom stereocenters. The number of carboxylic acids is 1. The molecule has 0 aliphatic carbocycles. The molecule has 110 valence electrons. The Hall–Kier alpha value is -2.34. The van der Waals surface area contributed by atoms with Crippen molar-refractivity contribution in [3.63, 3.8) is 0 Å². The molecule has 0 aliphatic rings. The van der Waals surface area contributed by atoms with Crippen LogP contribution in [0.1, 0.15) is 27.2 Å². The molecule has 0 radical (unpaired) electrons. The first-order valence-electron chi connectivity index (χ1n) is 6.38. The lowest BCUT2D eigenvalue weighted by molar-refractivity contribution is -0.116. The van der Waals surface area contributed by atoms with E-state index in [1.807, 2.05) is 0 Å². The standard InChI is InChI=1S/C15H15NO4S/c1-9-8-11(15(19)20)14(21-9)16-13(18)7-6-10-4-2-3-5-12(10)17/h2-5,8,17H,6-7H2,1H3,(H,16,18)(H,19,20). The zero-order chi connectivity index (χ0) is 15.4. The molecule has 0 bridgehead atoms. The van der Waals surface area contributed by atoms with Crippen molar-refractivity contribution < 1.29 is 19.8 Å². The highest BCUT2D eigenvalue weighted by Crippen LogP contribution is 2.28. The normalized spacial score (nSPS) is 10.3. The van der Waals surface area contributed by atoms with Gasteiger partial charge in [-0.05, 0) is 31.0 Å². The summed E-state index contributed by atoms with van der Waals surface area (Å²) >= 11 is 1.23. The number of phenolic OH excluding ortho intramolecular Hbond substituents is 1. The van der Waals surface area contributed by atoms with Gasteiger partial charge in [-0.2, -0.15) is 0 Å². The van der Waals surface area contributed by atoms with E-state index >= 15 is 0 Å². The van der Waals surface area contributed by atoms with Gasteiger partial charge in [-0.1, -0.05) is 18.2 Å². The van der Waals surface area contributed by atoms with E-state index in [1.165, 1.54) is 17.4 Å². The Labute approximate surface area is 125 Å². The van der Waals surface area contributed by atoms with Crippen LogP contribution in [0.15, 0.2) is 30.3 Å². The number of aryl methyl sites for hydroxylation is 2. The van der Waals surface area contributed by atoms with Crippen molar-refractivity contribution in [2.75, 3.05) is 5.32 Å². The smallest absolute Gasteiger partial charge is 0.338 e. The number of carbonyl (C=O) groups is 2. The molecule has 0 aliphatic heterocycles. The fourth-order valence-electron chi connectivity index (χ4n) is 1.93. The van der Waals surface area contributed by atoms with Crippen molar-refractivity contribution in [2.24, 2.45) is 0 Å². The molecule has 2 rings (SSSR count). The van der Waals surface area contributed by atoms with Crippen LogP contribution in [0.2, 0.25) is 0 Å². The number of benzene rings is 1. The topological polar surface area (TPSA) is 86.6 Å². The fourth-order valence-corrected chi connectivity index (χ4v) is 2.85. The number of hydrogen-bond acceptors (Lipinski definition) is 4. The van der Waals surface area contributed by atoms with Gasteiger partial charge in [0.05, 0.1) is 5.56 Å². The Kier molecular flexibility index (Phi) is 4.59. The zero-order valence-electron chi connectivity index (χ0n) is 11.4. The second-order valence-corrected chi connectivity index (χ2v) is 5.84. The monoisotopic (exact) mass is 305 g/mol. The van der Waals surface area contributed by atoms with Gasteiger partial charge in [-0.25, -0.2) is 4.79 Å². The minimum atomic E-state index is -1.06. The van der Waals surface area contributed by atoms with Crippen molar-refractivity contribution in [1.82, 2.24) is 0 Å². The van der Waals surface area contributed by atoms with Crippen molar-refractivity contribution in [3.8, 4) is 5.75 Å². The third-order valence-corrected chi connectivity index (χ3v) is 3.92. The number of nitrogens with one attached hydrogen (secondary N) is 1. The van der Waals surface area contributed by atoms with Crippen molar-refractivity contribution in [3.05, 3.63) is 46.3 Å². The first-order chi connectivity index (χ1) is 9.97. The summed E-state index contributed by atoms with van der Waals surface area (Å²) in [6.45, 7) is 1.79.